The van der Waals surface area contributed by atoms with Crippen LogP contribution in [0.3, 0.4) is 0 Å². The van der Waals surface area contributed by atoms with Gasteiger partial charge in [-0.05, 0) is 37.5 Å². The summed E-state index contributed by atoms with van der Waals surface area (Å²) in [5.74, 6) is -0.235. The third kappa shape index (κ3) is 6.60. The van der Waals surface area contributed by atoms with E-state index in [1.807, 2.05) is 13.8 Å². The summed E-state index contributed by atoms with van der Waals surface area (Å²) < 4.78 is 50.9. The number of rotatable bonds is 7. The Bertz CT molecular complexity index is 870. The molecule has 7 nitrogen and oxygen atoms in total. The molecule has 1 atom stereocenters. The number of hydrogen-bond donors (Lipinski definition) is 2. The maximum absolute atomic E-state index is 13.6. The molecule has 2 aromatic rings. The molecule has 0 aliphatic heterocycles. The molecule has 10 heteroatoms. The average Bonchev–Trinajstić information content (AvgIpc) is 2.57. The second-order valence-corrected chi connectivity index (χ2v) is 7.41. The Kier molecular flexibility index (Phi) is 6.68. The monoisotopic (exact) mass is 412 g/mol. The first-order chi connectivity index (χ1) is 13.4. The Balaban J connectivity index is 2.34. The summed E-state index contributed by atoms with van der Waals surface area (Å²) in [6, 6.07) is 4.74. The van der Waals surface area contributed by atoms with Gasteiger partial charge in [0.05, 0.1) is 11.3 Å². The fourth-order valence-electron chi connectivity index (χ4n) is 2.93. The van der Waals surface area contributed by atoms with Crippen LogP contribution in [0.2, 0.25) is 0 Å². The van der Waals surface area contributed by atoms with Gasteiger partial charge in [-0.15, -0.1) is 0 Å². The van der Waals surface area contributed by atoms with Crippen molar-refractivity contribution in [3.8, 4) is 22.9 Å². The van der Waals surface area contributed by atoms with E-state index >= 15 is 0 Å². The first-order valence-electron chi connectivity index (χ1n) is 8.80. The molecule has 2 rings (SSSR count). The third-order valence-electron chi connectivity index (χ3n) is 3.86. The van der Waals surface area contributed by atoms with Crippen molar-refractivity contribution >= 4 is 6.09 Å². The van der Waals surface area contributed by atoms with E-state index in [1.54, 1.807) is 6.92 Å². The number of primary amides is 1. The number of nitrogens with zero attached hydrogens (tertiary/aromatic N) is 2. The lowest BCUT2D eigenvalue weighted by Crippen LogP contribution is -2.43. The van der Waals surface area contributed by atoms with Crippen LogP contribution in [0, 0.1) is 5.92 Å². The van der Waals surface area contributed by atoms with Gasteiger partial charge in [-0.2, -0.15) is 13.2 Å². The molecule has 0 fully saturated rings. The van der Waals surface area contributed by atoms with E-state index in [-0.39, 0.29) is 35.4 Å². The van der Waals surface area contributed by atoms with Gasteiger partial charge in [-0.3, -0.25) is 0 Å². The normalized spacial score (nSPS) is 13.8. The molecule has 0 radical (unpaired) electrons. The van der Waals surface area contributed by atoms with Gasteiger partial charge in [0.2, 0.25) is 5.88 Å². The number of carbonyl (C=O) groups excluding carboxylic acids is 1. The van der Waals surface area contributed by atoms with Gasteiger partial charge in [0, 0.05) is 17.2 Å². The summed E-state index contributed by atoms with van der Waals surface area (Å²) in [6.45, 7) is 5.60. The van der Waals surface area contributed by atoms with Gasteiger partial charge in [0.1, 0.15) is 18.7 Å². The van der Waals surface area contributed by atoms with E-state index in [0.717, 1.165) is 12.4 Å². The van der Waals surface area contributed by atoms with E-state index in [0.29, 0.717) is 6.42 Å². The lowest BCUT2D eigenvalue weighted by Gasteiger charge is -2.27. The number of ether oxygens (including phenoxy) is 2. The third-order valence-corrected chi connectivity index (χ3v) is 3.86. The maximum Gasteiger partial charge on any atom is 0.419 e. The summed E-state index contributed by atoms with van der Waals surface area (Å²) in [4.78, 5) is 18.4. The standard InChI is InChI=1S/C19H23F3N4O3/c1-11(2)8-18(3,24)9-28-15-5-4-12(6-13(15)19(20,21)22)14-7-16(26-10-25-14)29-17(23)27/h4-7,10-11H,8-9,24H2,1-3H3,(H2,23,27)/t18-/m0/s1. The number of hydrogen-bond acceptors (Lipinski definition) is 6. The maximum atomic E-state index is 13.6. The van der Waals surface area contributed by atoms with Gasteiger partial charge >= 0.3 is 12.3 Å². The molecule has 4 N–H and O–H groups in total. The van der Waals surface area contributed by atoms with Crippen molar-refractivity contribution in [3.05, 3.63) is 36.2 Å². The van der Waals surface area contributed by atoms with Crippen LogP contribution in [0.4, 0.5) is 18.0 Å². The molecule has 1 aromatic heterocycles. The Morgan fingerprint density at radius 3 is 2.48 bits per heavy atom. The smallest absolute Gasteiger partial charge is 0.419 e. The molecule has 0 aliphatic carbocycles. The molecule has 0 unspecified atom stereocenters. The summed E-state index contributed by atoms with van der Waals surface area (Å²) in [6.07, 6.45) is -4.11. The average molecular weight is 412 g/mol. The van der Waals surface area contributed by atoms with Crippen LogP contribution in [-0.4, -0.2) is 28.2 Å². The first-order valence-corrected chi connectivity index (χ1v) is 8.80. The zero-order valence-electron chi connectivity index (χ0n) is 16.3. The Hall–Kier alpha value is -2.88. The van der Waals surface area contributed by atoms with Gasteiger partial charge in [0.15, 0.2) is 0 Å². The molecular formula is C19H23F3N4O3. The van der Waals surface area contributed by atoms with Gasteiger partial charge < -0.3 is 20.9 Å². The minimum absolute atomic E-state index is 0.0717. The lowest BCUT2D eigenvalue weighted by atomic mass is 9.93. The Labute approximate surface area is 166 Å². The molecule has 29 heavy (non-hydrogen) atoms. The molecule has 0 bridgehead atoms. The van der Waals surface area contributed by atoms with Gasteiger partial charge in [-0.25, -0.2) is 14.8 Å². The molecule has 1 heterocycles. The van der Waals surface area contributed by atoms with Crippen LogP contribution in [0.15, 0.2) is 30.6 Å². The molecule has 0 aliphatic rings. The van der Waals surface area contributed by atoms with Crippen molar-refractivity contribution < 1.29 is 27.4 Å². The van der Waals surface area contributed by atoms with Crippen LogP contribution in [-0.2, 0) is 6.18 Å². The minimum Gasteiger partial charge on any atom is -0.491 e. The number of nitrogens with two attached hydrogens (primary N) is 2. The summed E-state index contributed by atoms with van der Waals surface area (Å²) in [5.41, 5.74) is 9.56. The Morgan fingerprint density at radius 2 is 1.90 bits per heavy atom. The highest BCUT2D eigenvalue weighted by Crippen LogP contribution is 2.39. The molecule has 0 spiro atoms. The molecular weight excluding hydrogens is 389 g/mol. The highest BCUT2D eigenvalue weighted by Gasteiger charge is 2.35. The molecule has 0 saturated heterocycles. The molecule has 1 aromatic carbocycles. The predicted octanol–water partition coefficient (Wildman–Crippen LogP) is 3.76. The SMILES string of the molecule is CC(C)C[C@](C)(N)COc1ccc(-c2cc(OC(N)=O)ncn2)cc1C(F)(F)F. The van der Waals surface area contributed by atoms with E-state index in [4.69, 9.17) is 16.2 Å². The predicted molar refractivity (Wildman–Crippen MR) is 100 cm³/mol. The summed E-state index contributed by atoms with van der Waals surface area (Å²) in [5, 5.41) is 0. The van der Waals surface area contributed by atoms with Crippen LogP contribution >= 0.6 is 0 Å². The molecule has 158 valence electrons. The fourth-order valence-corrected chi connectivity index (χ4v) is 2.93. The summed E-state index contributed by atoms with van der Waals surface area (Å²) in [7, 11) is 0. The van der Waals surface area contributed by atoms with Crippen LogP contribution in [0.5, 0.6) is 11.6 Å². The minimum atomic E-state index is -4.66. The number of benzene rings is 1. The largest absolute Gasteiger partial charge is 0.491 e. The first kappa shape index (κ1) is 22.4. The van der Waals surface area contributed by atoms with E-state index < -0.39 is 23.4 Å². The van der Waals surface area contributed by atoms with Crippen molar-refractivity contribution in [1.29, 1.82) is 0 Å². The second-order valence-electron chi connectivity index (χ2n) is 7.41. The summed E-state index contributed by atoms with van der Waals surface area (Å²) >= 11 is 0. The number of halogens is 3. The zero-order chi connectivity index (χ0) is 21.8. The molecule has 1 amide bonds. The van der Waals surface area contributed by atoms with Gasteiger partial charge in [-0.1, -0.05) is 13.8 Å². The number of amides is 1. The van der Waals surface area contributed by atoms with Crippen molar-refractivity contribution in [2.45, 2.75) is 38.9 Å². The van der Waals surface area contributed by atoms with Crippen molar-refractivity contribution in [3.63, 3.8) is 0 Å². The lowest BCUT2D eigenvalue weighted by molar-refractivity contribution is -0.139. The number of aromatic nitrogens is 2. The van der Waals surface area contributed by atoms with Crippen molar-refractivity contribution in [2.24, 2.45) is 17.4 Å². The van der Waals surface area contributed by atoms with Crippen molar-refractivity contribution in [2.75, 3.05) is 6.61 Å². The molecule has 0 saturated carbocycles. The second kappa shape index (κ2) is 8.64. The topological polar surface area (TPSA) is 113 Å². The number of alkyl halides is 3. The zero-order valence-corrected chi connectivity index (χ0v) is 16.3. The van der Waals surface area contributed by atoms with Crippen LogP contribution in [0.25, 0.3) is 11.3 Å². The van der Waals surface area contributed by atoms with Crippen LogP contribution < -0.4 is 20.9 Å². The number of carbonyl (C=O) groups is 1. The van der Waals surface area contributed by atoms with Gasteiger partial charge in [0.25, 0.3) is 0 Å². The van der Waals surface area contributed by atoms with E-state index in [9.17, 15) is 18.0 Å². The van der Waals surface area contributed by atoms with Crippen molar-refractivity contribution in [1.82, 2.24) is 9.97 Å². The Morgan fingerprint density at radius 1 is 1.21 bits per heavy atom. The fraction of sp³-hybridized carbons (Fsp3) is 0.421. The van der Waals surface area contributed by atoms with E-state index in [2.05, 4.69) is 14.7 Å². The van der Waals surface area contributed by atoms with Crippen LogP contribution in [0.1, 0.15) is 32.8 Å². The highest BCUT2D eigenvalue weighted by atomic mass is 19.4. The highest BCUT2D eigenvalue weighted by molar-refractivity contribution is 5.69. The van der Waals surface area contributed by atoms with E-state index in [1.165, 1.54) is 18.2 Å². The quantitative estimate of drug-likeness (QED) is 0.716.